The zero-order valence-electron chi connectivity index (χ0n) is 5.86. The third-order valence-electron chi connectivity index (χ3n) is 1.12. The molecule has 0 atom stereocenters. The van der Waals surface area contributed by atoms with E-state index >= 15 is 0 Å². The maximum atomic E-state index is 8.20. The average Bonchev–Trinajstić information content (AvgIpc) is 2.01. The van der Waals surface area contributed by atoms with Gasteiger partial charge in [-0.25, -0.2) is 4.98 Å². The molecule has 0 amide bonds. The third-order valence-corrected chi connectivity index (χ3v) is 1.12. The summed E-state index contributed by atoms with van der Waals surface area (Å²) in [5.74, 6) is 0.463. The fraction of sp³-hybridized carbons (Fsp3) is 0. The van der Waals surface area contributed by atoms with Crippen LogP contribution in [0, 0.1) is 11.3 Å². The summed E-state index contributed by atoms with van der Waals surface area (Å²) in [6.45, 7) is 0. The summed E-state index contributed by atoms with van der Waals surface area (Å²) in [5, 5.41) is 8.20. The summed E-state index contributed by atoms with van der Waals surface area (Å²) in [6, 6.07) is 7.15. The van der Waals surface area contributed by atoms with Crippen LogP contribution in [0.15, 0.2) is 24.3 Å². The highest BCUT2D eigenvalue weighted by molar-refractivity contribution is 5.49. The molecule has 1 heterocycles. The van der Waals surface area contributed by atoms with Crippen LogP contribution in [0.1, 0.15) is 5.69 Å². The molecular formula is C8H7N3. The van der Waals surface area contributed by atoms with Crippen molar-refractivity contribution in [1.82, 2.24) is 4.98 Å². The molecule has 3 nitrogen and oxygen atoms in total. The lowest BCUT2D eigenvalue weighted by Crippen LogP contribution is -1.89. The van der Waals surface area contributed by atoms with E-state index in [2.05, 4.69) is 4.98 Å². The molecule has 0 aliphatic carbocycles. The van der Waals surface area contributed by atoms with E-state index in [-0.39, 0.29) is 0 Å². The Morgan fingerprint density at radius 3 is 3.00 bits per heavy atom. The Hall–Kier alpha value is -1.82. The summed E-state index contributed by atoms with van der Waals surface area (Å²) in [4.78, 5) is 3.95. The van der Waals surface area contributed by atoms with Gasteiger partial charge in [0.1, 0.15) is 5.82 Å². The second kappa shape index (κ2) is 3.37. The highest BCUT2D eigenvalue weighted by atomic mass is 14.8. The quantitative estimate of drug-likeness (QED) is 0.604. The fourth-order valence-corrected chi connectivity index (χ4v) is 0.684. The van der Waals surface area contributed by atoms with Gasteiger partial charge in [-0.15, -0.1) is 0 Å². The van der Waals surface area contributed by atoms with Crippen LogP contribution in [0.25, 0.3) is 6.08 Å². The van der Waals surface area contributed by atoms with E-state index in [0.717, 1.165) is 0 Å². The van der Waals surface area contributed by atoms with Gasteiger partial charge in [0.15, 0.2) is 0 Å². The third kappa shape index (κ3) is 2.11. The first-order chi connectivity index (χ1) is 5.33. The molecule has 54 valence electrons. The number of rotatable bonds is 1. The van der Waals surface area contributed by atoms with Crippen LogP contribution >= 0.6 is 0 Å². The van der Waals surface area contributed by atoms with Gasteiger partial charge < -0.3 is 5.73 Å². The second-order valence-electron chi connectivity index (χ2n) is 1.95. The zero-order chi connectivity index (χ0) is 8.10. The fourth-order valence-electron chi connectivity index (χ4n) is 0.684. The van der Waals surface area contributed by atoms with E-state index in [9.17, 15) is 0 Å². The number of nitrogens with zero attached hydrogens (tertiary/aromatic N) is 2. The predicted molar refractivity (Wildman–Crippen MR) is 43.3 cm³/mol. The first-order valence-electron chi connectivity index (χ1n) is 3.11. The predicted octanol–water partition coefficient (Wildman–Crippen LogP) is 1.20. The SMILES string of the molecule is N#CC=Cc1cccc(N)n1. The van der Waals surface area contributed by atoms with Crippen molar-refractivity contribution in [3.8, 4) is 6.07 Å². The number of anilines is 1. The van der Waals surface area contributed by atoms with Crippen molar-refractivity contribution in [3.05, 3.63) is 30.0 Å². The summed E-state index contributed by atoms with van der Waals surface area (Å²) in [7, 11) is 0. The summed E-state index contributed by atoms with van der Waals surface area (Å²) >= 11 is 0. The monoisotopic (exact) mass is 145 g/mol. The van der Waals surface area contributed by atoms with Crippen LogP contribution < -0.4 is 5.73 Å². The Bertz CT molecular complexity index is 309. The lowest BCUT2D eigenvalue weighted by molar-refractivity contribution is 1.30. The van der Waals surface area contributed by atoms with Crippen LogP contribution in [0.4, 0.5) is 5.82 Å². The normalized spacial score (nSPS) is 9.73. The van der Waals surface area contributed by atoms with Crippen molar-refractivity contribution in [3.63, 3.8) is 0 Å². The number of aromatic nitrogens is 1. The van der Waals surface area contributed by atoms with E-state index in [1.807, 2.05) is 6.07 Å². The van der Waals surface area contributed by atoms with Crippen molar-refractivity contribution in [2.45, 2.75) is 0 Å². The molecule has 0 aliphatic heterocycles. The van der Waals surface area contributed by atoms with Crippen molar-refractivity contribution in [2.24, 2.45) is 0 Å². The lowest BCUT2D eigenvalue weighted by Gasteiger charge is -1.92. The molecule has 0 aliphatic rings. The van der Waals surface area contributed by atoms with Crippen molar-refractivity contribution < 1.29 is 0 Å². The van der Waals surface area contributed by atoms with Gasteiger partial charge >= 0.3 is 0 Å². The van der Waals surface area contributed by atoms with Gasteiger partial charge in [0, 0.05) is 6.08 Å². The Balaban J connectivity index is 2.90. The molecule has 0 saturated heterocycles. The van der Waals surface area contributed by atoms with Crippen molar-refractivity contribution in [2.75, 3.05) is 5.73 Å². The van der Waals surface area contributed by atoms with Crippen LogP contribution in [-0.2, 0) is 0 Å². The highest BCUT2D eigenvalue weighted by Gasteiger charge is 1.87. The van der Waals surface area contributed by atoms with E-state index in [0.29, 0.717) is 11.5 Å². The molecular weight excluding hydrogens is 138 g/mol. The molecule has 0 unspecified atom stereocenters. The second-order valence-corrected chi connectivity index (χ2v) is 1.95. The summed E-state index contributed by atoms with van der Waals surface area (Å²) in [5.41, 5.74) is 6.10. The molecule has 0 bridgehead atoms. The van der Waals surface area contributed by atoms with Gasteiger partial charge in [-0.2, -0.15) is 5.26 Å². The Kier molecular flexibility index (Phi) is 2.24. The van der Waals surface area contributed by atoms with E-state index in [1.54, 1.807) is 24.3 Å². The summed E-state index contributed by atoms with van der Waals surface area (Å²) in [6.07, 6.45) is 2.97. The van der Waals surface area contributed by atoms with Crippen LogP contribution in [0.3, 0.4) is 0 Å². The number of pyridine rings is 1. The molecule has 2 N–H and O–H groups in total. The molecule has 0 radical (unpaired) electrons. The van der Waals surface area contributed by atoms with Crippen molar-refractivity contribution >= 4 is 11.9 Å². The average molecular weight is 145 g/mol. The molecule has 0 fully saturated rings. The minimum Gasteiger partial charge on any atom is -0.384 e. The van der Waals surface area contributed by atoms with Gasteiger partial charge in [0.2, 0.25) is 0 Å². The summed E-state index contributed by atoms with van der Waals surface area (Å²) < 4.78 is 0. The Labute approximate surface area is 64.8 Å². The molecule has 0 spiro atoms. The maximum absolute atomic E-state index is 8.20. The molecule has 1 aromatic rings. The van der Waals surface area contributed by atoms with Gasteiger partial charge in [-0.3, -0.25) is 0 Å². The van der Waals surface area contributed by atoms with Crippen LogP contribution in [-0.4, -0.2) is 4.98 Å². The minimum atomic E-state index is 0.463. The maximum Gasteiger partial charge on any atom is 0.124 e. The van der Waals surface area contributed by atoms with E-state index in [1.165, 1.54) is 6.08 Å². The Morgan fingerprint density at radius 2 is 2.36 bits per heavy atom. The Morgan fingerprint density at radius 1 is 1.55 bits per heavy atom. The smallest absolute Gasteiger partial charge is 0.124 e. The molecule has 0 aromatic carbocycles. The molecule has 0 saturated carbocycles. The largest absolute Gasteiger partial charge is 0.384 e. The number of hydrogen-bond donors (Lipinski definition) is 1. The first kappa shape index (κ1) is 7.29. The number of nitrogens with two attached hydrogens (primary N) is 1. The standard InChI is InChI=1S/C8H7N3/c9-6-2-4-7-3-1-5-8(10)11-7/h1-5H,(H2,10,11). The van der Waals surface area contributed by atoms with Gasteiger partial charge in [-0.05, 0) is 18.2 Å². The number of nitriles is 1. The van der Waals surface area contributed by atoms with E-state index in [4.69, 9.17) is 11.0 Å². The number of hydrogen-bond acceptors (Lipinski definition) is 3. The van der Waals surface area contributed by atoms with Crippen LogP contribution in [0.2, 0.25) is 0 Å². The topological polar surface area (TPSA) is 62.7 Å². The van der Waals surface area contributed by atoms with Crippen LogP contribution in [0.5, 0.6) is 0 Å². The van der Waals surface area contributed by atoms with Gasteiger partial charge in [-0.1, -0.05) is 6.07 Å². The minimum absolute atomic E-state index is 0.463. The van der Waals surface area contributed by atoms with Gasteiger partial charge in [0.25, 0.3) is 0 Å². The molecule has 3 heteroatoms. The molecule has 11 heavy (non-hydrogen) atoms. The van der Waals surface area contributed by atoms with E-state index < -0.39 is 0 Å². The molecule has 1 rings (SSSR count). The number of allylic oxidation sites excluding steroid dienone is 1. The highest BCUT2D eigenvalue weighted by Crippen LogP contribution is 2.01. The lowest BCUT2D eigenvalue weighted by atomic mass is 10.3. The zero-order valence-corrected chi connectivity index (χ0v) is 5.86. The van der Waals surface area contributed by atoms with Gasteiger partial charge in [0.05, 0.1) is 11.8 Å². The first-order valence-corrected chi connectivity index (χ1v) is 3.11. The molecule has 1 aromatic heterocycles. The number of nitrogen functional groups attached to an aromatic ring is 1. The van der Waals surface area contributed by atoms with Crippen molar-refractivity contribution in [1.29, 1.82) is 5.26 Å².